The minimum absolute atomic E-state index is 0.0242. The molecule has 0 aliphatic heterocycles. The predicted molar refractivity (Wildman–Crippen MR) is 303 cm³/mol. The first-order valence-electron chi connectivity index (χ1n) is 31.2. The maximum atomic E-state index is 13.9. The second-order valence-electron chi connectivity index (χ2n) is 21.9. The zero-order valence-electron chi connectivity index (χ0n) is 49.0. The Labute approximate surface area is 446 Å². The lowest BCUT2D eigenvalue weighted by Crippen LogP contribution is -2.37. The van der Waals surface area contributed by atoms with Crippen LogP contribution in [0.5, 0.6) is 0 Å². The van der Waals surface area contributed by atoms with Crippen molar-refractivity contribution >= 4 is 24.0 Å². The fraction of sp³-hybridized carbons (Fsp3) is 0.935. The van der Waals surface area contributed by atoms with Gasteiger partial charge in [0.15, 0.2) is 0 Å². The first-order chi connectivity index (χ1) is 35.0. The standard InChI is InChI=1S/C62H120N2O8/c1-9-15-19-31-43-56(44-32-20-16-10-2)70-59(65)49-37-29-25-23-27-35-47-58(72-62(68)64(54-40-52-63(7)8)53-39-51-61(67)69-55(41-13-5)42-14-6)48-36-28-24-26-30-38-50-60(66)71-57(45-33-21-17-11-3)46-34-22-18-12-4/h55-58H,9-54H2,1-8H3. The summed E-state index contributed by atoms with van der Waals surface area (Å²) in [4.78, 5) is 56.4. The highest BCUT2D eigenvalue weighted by Crippen LogP contribution is 2.22. The Morgan fingerprint density at radius 1 is 0.292 bits per heavy atom. The van der Waals surface area contributed by atoms with Crippen LogP contribution in [0.4, 0.5) is 4.79 Å². The summed E-state index contributed by atoms with van der Waals surface area (Å²) < 4.78 is 24.2. The molecule has 0 bridgehead atoms. The number of hydrogen-bond donors (Lipinski definition) is 0. The fourth-order valence-electron chi connectivity index (χ4n) is 9.82. The molecule has 1 amide bonds. The topological polar surface area (TPSA) is 112 Å². The van der Waals surface area contributed by atoms with Gasteiger partial charge in [-0.05, 0) is 136 Å². The molecule has 0 aliphatic carbocycles. The molecule has 0 saturated heterocycles. The summed E-state index contributed by atoms with van der Waals surface area (Å²) in [5.74, 6) is -0.223. The third-order valence-corrected chi connectivity index (χ3v) is 14.3. The SMILES string of the molecule is CCCCCCC(CCCCCC)OC(=O)CCCCCCCCC(CCCCCCCCC(=O)OC(CCCCCC)CCCCCC)OC(=O)N(CCCC(=O)OC(CCC)CCC)CCCN(C)C. The molecule has 426 valence electrons. The zero-order chi connectivity index (χ0) is 53.1. The number of nitrogens with zero attached hydrogens (tertiary/aromatic N) is 2. The summed E-state index contributed by atoms with van der Waals surface area (Å²) in [5.41, 5.74) is 0. The highest BCUT2D eigenvalue weighted by molar-refractivity contribution is 5.70. The largest absolute Gasteiger partial charge is 0.462 e. The van der Waals surface area contributed by atoms with Gasteiger partial charge in [-0.15, -0.1) is 0 Å². The van der Waals surface area contributed by atoms with Gasteiger partial charge in [-0.3, -0.25) is 14.4 Å². The number of hydrogen-bond acceptors (Lipinski definition) is 9. The predicted octanol–water partition coefficient (Wildman–Crippen LogP) is 18.0. The lowest BCUT2D eigenvalue weighted by atomic mass is 10.0. The minimum atomic E-state index is -0.269. The van der Waals surface area contributed by atoms with Crippen molar-refractivity contribution in [3.8, 4) is 0 Å². The molecule has 0 rings (SSSR count). The number of rotatable bonds is 54. The summed E-state index contributed by atoms with van der Waals surface area (Å²) in [5, 5.41) is 0. The molecule has 0 aromatic rings. The van der Waals surface area contributed by atoms with E-state index in [1.165, 1.54) is 77.0 Å². The number of amides is 1. The van der Waals surface area contributed by atoms with Gasteiger partial charge in [0.2, 0.25) is 0 Å². The summed E-state index contributed by atoms with van der Waals surface area (Å²) in [6, 6.07) is 0. The van der Waals surface area contributed by atoms with E-state index in [1.54, 1.807) is 0 Å². The van der Waals surface area contributed by atoms with Crippen molar-refractivity contribution in [2.75, 3.05) is 33.7 Å². The number of ether oxygens (including phenoxy) is 4. The monoisotopic (exact) mass is 1020 g/mol. The van der Waals surface area contributed by atoms with E-state index in [1.807, 2.05) is 19.0 Å². The summed E-state index contributed by atoms with van der Waals surface area (Å²) in [6.07, 6.45) is 43.4. The minimum Gasteiger partial charge on any atom is -0.462 e. The van der Waals surface area contributed by atoms with Crippen LogP contribution in [0, 0.1) is 0 Å². The third kappa shape index (κ3) is 45.1. The van der Waals surface area contributed by atoms with Crippen LogP contribution in [-0.4, -0.2) is 91.9 Å². The van der Waals surface area contributed by atoms with E-state index in [-0.39, 0.29) is 48.4 Å². The Hall–Kier alpha value is -2.36. The van der Waals surface area contributed by atoms with E-state index in [4.69, 9.17) is 18.9 Å². The Balaban J connectivity index is 5.27. The van der Waals surface area contributed by atoms with Gasteiger partial charge in [0.25, 0.3) is 0 Å². The van der Waals surface area contributed by atoms with Gasteiger partial charge >= 0.3 is 24.0 Å². The molecule has 0 N–H and O–H groups in total. The van der Waals surface area contributed by atoms with Gasteiger partial charge in [0, 0.05) is 32.4 Å². The van der Waals surface area contributed by atoms with Crippen LogP contribution >= 0.6 is 0 Å². The van der Waals surface area contributed by atoms with E-state index in [2.05, 4.69) is 46.4 Å². The molecule has 0 aromatic heterocycles. The second kappa shape index (κ2) is 52.1. The number of carbonyl (C=O) groups excluding carboxylic acids is 4. The molecule has 10 heteroatoms. The van der Waals surface area contributed by atoms with Gasteiger partial charge in [0.05, 0.1) is 0 Å². The van der Waals surface area contributed by atoms with Gasteiger partial charge in [-0.1, -0.05) is 183 Å². The maximum Gasteiger partial charge on any atom is 0.410 e. The summed E-state index contributed by atoms with van der Waals surface area (Å²) in [6.45, 7) is 15.1. The molecule has 0 fully saturated rings. The lowest BCUT2D eigenvalue weighted by Gasteiger charge is -2.26. The third-order valence-electron chi connectivity index (χ3n) is 14.3. The lowest BCUT2D eigenvalue weighted by molar-refractivity contribution is -0.151. The van der Waals surface area contributed by atoms with Crippen molar-refractivity contribution in [2.45, 2.75) is 342 Å². The van der Waals surface area contributed by atoms with Crippen LogP contribution in [0.3, 0.4) is 0 Å². The van der Waals surface area contributed by atoms with E-state index in [0.717, 1.165) is 180 Å². The number of unbranched alkanes of at least 4 members (excludes halogenated alkanes) is 22. The Bertz CT molecular complexity index is 1140. The molecule has 0 aliphatic rings. The molecule has 0 heterocycles. The molecule has 72 heavy (non-hydrogen) atoms. The van der Waals surface area contributed by atoms with Crippen molar-refractivity contribution in [3.05, 3.63) is 0 Å². The molecular weight excluding hydrogens is 901 g/mol. The number of esters is 3. The smallest absolute Gasteiger partial charge is 0.410 e. The van der Waals surface area contributed by atoms with E-state index in [0.29, 0.717) is 38.8 Å². The van der Waals surface area contributed by atoms with Crippen LogP contribution in [0.15, 0.2) is 0 Å². The van der Waals surface area contributed by atoms with E-state index < -0.39 is 0 Å². The summed E-state index contributed by atoms with van der Waals surface area (Å²) in [7, 11) is 4.09. The Kier molecular flexibility index (Phi) is 50.4. The molecular formula is C62H120N2O8. The molecule has 0 saturated carbocycles. The Morgan fingerprint density at radius 3 is 0.903 bits per heavy atom. The van der Waals surface area contributed by atoms with Crippen molar-refractivity contribution in [1.29, 1.82) is 0 Å². The quantitative estimate of drug-likeness (QED) is 0.0334. The molecule has 0 spiro atoms. The van der Waals surface area contributed by atoms with Gasteiger partial charge in [0.1, 0.15) is 24.4 Å². The van der Waals surface area contributed by atoms with Crippen molar-refractivity contribution in [2.24, 2.45) is 0 Å². The van der Waals surface area contributed by atoms with Crippen LogP contribution in [-0.2, 0) is 33.3 Å². The van der Waals surface area contributed by atoms with E-state index >= 15 is 0 Å². The molecule has 0 radical (unpaired) electrons. The van der Waals surface area contributed by atoms with Crippen LogP contribution in [0.2, 0.25) is 0 Å². The Morgan fingerprint density at radius 2 is 0.569 bits per heavy atom. The average molecular weight is 1020 g/mol. The van der Waals surface area contributed by atoms with Crippen LogP contribution in [0.25, 0.3) is 0 Å². The first-order valence-corrected chi connectivity index (χ1v) is 31.2. The van der Waals surface area contributed by atoms with Crippen molar-refractivity contribution in [1.82, 2.24) is 9.80 Å². The normalized spacial score (nSPS) is 11.7. The second-order valence-corrected chi connectivity index (χ2v) is 21.9. The molecule has 10 nitrogen and oxygen atoms in total. The highest BCUT2D eigenvalue weighted by Gasteiger charge is 2.22. The van der Waals surface area contributed by atoms with Crippen LogP contribution < -0.4 is 0 Å². The average Bonchev–Trinajstić information content (AvgIpc) is 3.35. The van der Waals surface area contributed by atoms with Crippen molar-refractivity contribution in [3.63, 3.8) is 0 Å². The van der Waals surface area contributed by atoms with Crippen molar-refractivity contribution < 1.29 is 38.1 Å². The van der Waals surface area contributed by atoms with Gasteiger partial charge in [-0.2, -0.15) is 0 Å². The zero-order valence-corrected chi connectivity index (χ0v) is 49.0. The van der Waals surface area contributed by atoms with Crippen LogP contribution in [0.1, 0.15) is 318 Å². The first kappa shape index (κ1) is 69.6. The summed E-state index contributed by atoms with van der Waals surface area (Å²) >= 11 is 0. The molecule has 0 atom stereocenters. The van der Waals surface area contributed by atoms with Gasteiger partial charge in [-0.25, -0.2) is 4.79 Å². The van der Waals surface area contributed by atoms with E-state index in [9.17, 15) is 19.2 Å². The highest BCUT2D eigenvalue weighted by atomic mass is 16.6. The maximum absolute atomic E-state index is 13.9. The van der Waals surface area contributed by atoms with Gasteiger partial charge < -0.3 is 28.7 Å². The molecule has 0 aromatic carbocycles. The fourth-order valence-corrected chi connectivity index (χ4v) is 9.82. The number of carbonyl (C=O) groups is 4. The molecule has 0 unspecified atom stereocenters.